The molecule has 0 radical (unpaired) electrons. The molecule has 0 aromatic carbocycles. The Kier molecular flexibility index (Phi) is 0.473. The van der Waals surface area contributed by atoms with Crippen molar-refractivity contribution >= 4 is 5.78 Å². The topological polar surface area (TPSA) is 43.1 Å². The van der Waals surface area contributed by atoms with Crippen molar-refractivity contribution in [2.75, 3.05) is 0 Å². The van der Waals surface area contributed by atoms with E-state index in [1.165, 1.54) is 6.08 Å². The van der Waals surface area contributed by atoms with Gasteiger partial charge in [-0.2, -0.15) is 0 Å². The summed E-state index contributed by atoms with van der Waals surface area (Å²) in [5.41, 5.74) is 5.82. The van der Waals surface area contributed by atoms with Crippen LogP contribution < -0.4 is 5.73 Å². The van der Waals surface area contributed by atoms with Crippen LogP contribution in [0, 0.1) is 0 Å². The van der Waals surface area contributed by atoms with E-state index >= 15 is 0 Å². The molecule has 0 spiro atoms. The quantitative estimate of drug-likeness (QED) is 0.440. The molecule has 0 saturated heterocycles. The molecule has 2 N–H and O–H groups in total. The van der Waals surface area contributed by atoms with E-state index in [9.17, 15) is 4.79 Å². The van der Waals surface area contributed by atoms with Gasteiger partial charge in [-0.25, -0.2) is 0 Å². The number of nitrogens with two attached hydrogens (primary N) is 1. The fourth-order valence-electron chi connectivity index (χ4n) is 0.379. The summed E-state index contributed by atoms with van der Waals surface area (Å²) in [6, 6.07) is 0. The SMILES string of the molecule is NC1=CC(=O)C1. The van der Waals surface area contributed by atoms with Gasteiger partial charge in [0, 0.05) is 11.8 Å². The van der Waals surface area contributed by atoms with Crippen LogP contribution in [0.3, 0.4) is 0 Å². The summed E-state index contributed by atoms with van der Waals surface area (Å²) in [6.45, 7) is 0. The lowest BCUT2D eigenvalue weighted by atomic mass is 10.1. The lowest BCUT2D eigenvalue weighted by molar-refractivity contribution is -0.115. The van der Waals surface area contributed by atoms with Gasteiger partial charge in [-0.1, -0.05) is 0 Å². The lowest BCUT2D eigenvalue weighted by Crippen LogP contribution is -2.14. The summed E-state index contributed by atoms with van der Waals surface area (Å²) in [5.74, 6) is 0.146. The van der Waals surface area contributed by atoms with Crippen molar-refractivity contribution in [3.05, 3.63) is 11.8 Å². The van der Waals surface area contributed by atoms with Gasteiger partial charge in [0.15, 0.2) is 5.78 Å². The number of ketones is 1. The Hall–Kier alpha value is -0.790. The minimum Gasteiger partial charge on any atom is -0.402 e. The second kappa shape index (κ2) is 0.834. The van der Waals surface area contributed by atoms with Gasteiger partial charge in [0.25, 0.3) is 0 Å². The van der Waals surface area contributed by atoms with Crippen LogP contribution in [0.4, 0.5) is 0 Å². The fourth-order valence-corrected chi connectivity index (χ4v) is 0.379. The van der Waals surface area contributed by atoms with Crippen molar-refractivity contribution in [1.29, 1.82) is 0 Å². The zero-order chi connectivity index (χ0) is 4.57. The first-order valence-corrected chi connectivity index (χ1v) is 1.78. The number of hydrogen-bond donors (Lipinski definition) is 1. The van der Waals surface area contributed by atoms with Crippen LogP contribution in [-0.2, 0) is 4.79 Å². The molecule has 2 heteroatoms. The van der Waals surface area contributed by atoms with E-state index in [-0.39, 0.29) is 5.78 Å². The molecule has 0 fully saturated rings. The zero-order valence-electron chi connectivity index (χ0n) is 3.27. The van der Waals surface area contributed by atoms with Crippen LogP contribution in [-0.4, -0.2) is 5.78 Å². The highest BCUT2D eigenvalue weighted by atomic mass is 16.1. The fraction of sp³-hybridized carbons (Fsp3) is 0.250. The number of carbonyl (C=O) groups excluding carboxylic acids is 1. The van der Waals surface area contributed by atoms with Gasteiger partial charge in [0.2, 0.25) is 0 Å². The highest BCUT2D eigenvalue weighted by Gasteiger charge is 2.09. The lowest BCUT2D eigenvalue weighted by Gasteiger charge is -2.04. The molecule has 2 nitrogen and oxygen atoms in total. The standard InChI is InChI=1S/C4H5NO/c5-3-1-4(6)2-3/h1H,2,5H2. The van der Waals surface area contributed by atoms with Crippen molar-refractivity contribution in [3.63, 3.8) is 0 Å². The van der Waals surface area contributed by atoms with Crippen LogP contribution in [0.2, 0.25) is 0 Å². The van der Waals surface area contributed by atoms with Crippen LogP contribution in [0.15, 0.2) is 11.8 Å². The molecule has 0 aromatic rings. The monoisotopic (exact) mass is 83.0 g/mol. The summed E-state index contributed by atoms with van der Waals surface area (Å²) in [6.07, 6.45) is 1.92. The van der Waals surface area contributed by atoms with E-state index < -0.39 is 0 Å². The molecule has 0 atom stereocenters. The average molecular weight is 83.1 g/mol. The minimum atomic E-state index is 0.146. The Bertz CT molecular complexity index is 115. The number of allylic oxidation sites excluding steroid dienone is 2. The molecule has 0 unspecified atom stereocenters. The molecule has 1 rings (SSSR count). The van der Waals surface area contributed by atoms with Crippen molar-refractivity contribution < 1.29 is 4.79 Å². The van der Waals surface area contributed by atoms with Crippen molar-refractivity contribution in [2.24, 2.45) is 5.73 Å². The van der Waals surface area contributed by atoms with Crippen LogP contribution in [0.5, 0.6) is 0 Å². The van der Waals surface area contributed by atoms with Gasteiger partial charge in [-0.05, 0) is 0 Å². The second-order valence-corrected chi connectivity index (χ2v) is 1.36. The molecule has 0 saturated carbocycles. The Morgan fingerprint density at radius 3 is 2.33 bits per heavy atom. The number of rotatable bonds is 0. The van der Waals surface area contributed by atoms with E-state index in [2.05, 4.69) is 0 Å². The third-order valence-electron chi connectivity index (χ3n) is 0.725. The summed E-state index contributed by atoms with van der Waals surface area (Å²) in [5, 5.41) is 0. The summed E-state index contributed by atoms with van der Waals surface area (Å²) in [7, 11) is 0. The number of carbonyl (C=O) groups is 1. The molecular formula is C4H5NO. The minimum absolute atomic E-state index is 0.146. The Morgan fingerprint density at radius 2 is 2.33 bits per heavy atom. The molecule has 0 heterocycles. The summed E-state index contributed by atoms with van der Waals surface area (Å²) >= 11 is 0. The first-order chi connectivity index (χ1) is 2.79. The molecule has 32 valence electrons. The molecule has 0 aliphatic heterocycles. The van der Waals surface area contributed by atoms with Crippen molar-refractivity contribution in [3.8, 4) is 0 Å². The third kappa shape index (κ3) is 0.302. The molecule has 6 heavy (non-hydrogen) atoms. The van der Waals surface area contributed by atoms with E-state index in [1.54, 1.807) is 0 Å². The van der Waals surface area contributed by atoms with E-state index in [0.717, 1.165) is 0 Å². The zero-order valence-corrected chi connectivity index (χ0v) is 3.27. The maximum Gasteiger partial charge on any atom is 0.163 e. The van der Waals surface area contributed by atoms with E-state index in [4.69, 9.17) is 5.73 Å². The van der Waals surface area contributed by atoms with Gasteiger partial charge in [-0.3, -0.25) is 4.79 Å². The smallest absolute Gasteiger partial charge is 0.163 e. The van der Waals surface area contributed by atoms with Crippen LogP contribution >= 0.6 is 0 Å². The highest BCUT2D eigenvalue weighted by Crippen LogP contribution is 2.05. The predicted octanol–water partition coefficient (Wildman–Crippen LogP) is -0.198. The van der Waals surface area contributed by atoms with Crippen molar-refractivity contribution in [1.82, 2.24) is 0 Å². The molecule has 1 aliphatic carbocycles. The first-order valence-electron chi connectivity index (χ1n) is 1.78. The molecular weight excluding hydrogens is 78.0 g/mol. The van der Waals surface area contributed by atoms with Gasteiger partial charge >= 0.3 is 0 Å². The highest BCUT2D eigenvalue weighted by molar-refractivity contribution is 5.98. The molecule has 0 amide bonds. The maximum absolute atomic E-state index is 9.95. The van der Waals surface area contributed by atoms with Gasteiger partial charge in [0.05, 0.1) is 6.42 Å². The largest absolute Gasteiger partial charge is 0.402 e. The van der Waals surface area contributed by atoms with Crippen LogP contribution in [0.1, 0.15) is 6.42 Å². The molecule has 1 aliphatic rings. The maximum atomic E-state index is 9.95. The third-order valence-corrected chi connectivity index (χ3v) is 0.725. The summed E-state index contributed by atoms with van der Waals surface area (Å²) in [4.78, 5) is 9.95. The Labute approximate surface area is 35.6 Å². The molecule has 0 aromatic heterocycles. The van der Waals surface area contributed by atoms with Gasteiger partial charge in [0.1, 0.15) is 0 Å². The first kappa shape index (κ1) is 3.40. The van der Waals surface area contributed by atoms with Gasteiger partial charge < -0.3 is 5.73 Å². The van der Waals surface area contributed by atoms with Crippen molar-refractivity contribution in [2.45, 2.75) is 6.42 Å². The van der Waals surface area contributed by atoms with E-state index in [1.807, 2.05) is 0 Å². The van der Waals surface area contributed by atoms with E-state index in [0.29, 0.717) is 12.1 Å². The average Bonchev–Trinajstić information content (AvgIpc) is 1.33. The van der Waals surface area contributed by atoms with Gasteiger partial charge in [-0.15, -0.1) is 0 Å². The predicted molar refractivity (Wildman–Crippen MR) is 21.9 cm³/mol. The normalized spacial score (nSPS) is 19.3. The van der Waals surface area contributed by atoms with Crippen LogP contribution in [0.25, 0.3) is 0 Å². The second-order valence-electron chi connectivity index (χ2n) is 1.36. The molecule has 0 bridgehead atoms. The summed E-state index contributed by atoms with van der Waals surface area (Å²) < 4.78 is 0. The Morgan fingerprint density at radius 1 is 1.83 bits per heavy atom. The number of hydrogen-bond acceptors (Lipinski definition) is 2. The Balaban J connectivity index is 2.68.